The molecule has 9 nitrogen and oxygen atoms in total. The largest absolute Gasteiger partial charge is 0.493 e. The van der Waals surface area contributed by atoms with Crippen LogP contribution in [0.1, 0.15) is 38.3 Å². The fourth-order valence-electron chi connectivity index (χ4n) is 4.18. The van der Waals surface area contributed by atoms with Crippen molar-refractivity contribution >= 4 is 27.5 Å². The SMILES string of the molecule is CC[C@@H](C)NC(=O)[C@@H](C)N(Cc1ccc(F)cc1)C(=O)CN(c1ccc(C)cc1)S(=O)(=O)c1ccc(OC)c(OC)c1. The number of hydrogen-bond acceptors (Lipinski definition) is 6. The zero-order chi connectivity index (χ0) is 31.0. The average molecular weight is 600 g/mol. The van der Waals surface area contributed by atoms with Crippen molar-refractivity contribution in [3.63, 3.8) is 0 Å². The number of amides is 2. The van der Waals surface area contributed by atoms with Gasteiger partial charge in [-0.15, -0.1) is 0 Å². The number of hydrogen-bond donors (Lipinski definition) is 1. The molecule has 0 fully saturated rings. The summed E-state index contributed by atoms with van der Waals surface area (Å²) in [7, 11) is -1.46. The van der Waals surface area contributed by atoms with E-state index < -0.39 is 34.3 Å². The molecular weight excluding hydrogens is 561 g/mol. The Bertz CT molecular complexity index is 1480. The minimum atomic E-state index is -4.30. The van der Waals surface area contributed by atoms with Crippen molar-refractivity contribution in [3.05, 3.63) is 83.7 Å². The van der Waals surface area contributed by atoms with Gasteiger partial charge in [0.05, 0.1) is 24.8 Å². The quantitative estimate of drug-likeness (QED) is 0.306. The number of carbonyl (C=O) groups excluding carboxylic acids is 2. The number of aryl methyl sites for hydroxylation is 1. The topological polar surface area (TPSA) is 105 Å². The van der Waals surface area contributed by atoms with Gasteiger partial charge in [0.2, 0.25) is 11.8 Å². The Labute approximate surface area is 247 Å². The molecule has 0 saturated carbocycles. The first kappa shape index (κ1) is 32.4. The van der Waals surface area contributed by atoms with E-state index in [0.29, 0.717) is 17.7 Å². The number of halogens is 1. The second-order valence-electron chi connectivity index (χ2n) is 10.0. The molecule has 0 spiro atoms. The summed E-state index contributed by atoms with van der Waals surface area (Å²) >= 11 is 0. The van der Waals surface area contributed by atoms with Crippen molar-refractivity contribution in [2.24, 2.45) is 0 Å². The van der Waals surface area contributed by atoms with Gasteiger partial charge in [-0.3, -0.25) is 13.9 Å². The molecule has 0 aliphatic heterocycles. The van der Waals surface area contributed by atoms with Crippen molar-refractivity contribution in [2.75, 3.05) is 25.1 Å². The third-order valence-corrected chi connectivity index (χ3v) is 8.75. The maximum absolute atomic E-state index is 14.1. The Balaban J connectivity index is 2.06. The van der Waals surface area contributed by atoms with Crippen LogP contribution in [0.4, 0.5) is 10.1 Å². The summed E-state index contributed by atoms with van der Waals surface area (Å²) in [6, 6.07) is 15.4. The lowest BCUT2D eigenvalue weighted by Gasteiger charge is -2.32. The monoisotopic (exact) mass is 599 g/mol. The fraction of sp³-hybridized carbons (Fsp3) is 0.355. The van der Waals surface area contributed by atoms with Gasteiger partial charge in [0, 0.05) is 18.7 Å². The Morgan fingerprint density at radius 1 is 0.929 bits per heavy atom. The van der Waals surface area contributed by atoms with Gasteiger partial charge in [0.1, 0.15) is 18.4 Å². The Hall–Kier alpha value is -4.12. The summed E-state index contributed by atoms with van der Waals surface area (Å²) in [6.07, 6.45) is 0.690. The van der Waals surface area contributed by atoms with Crippen LogP contribution in [-0.4, -0.2) is 58.0 Å². The predicted octanol–water partition coefficient (Wildman–Crippen LogP) is 4.68. The normalized spacial score (nSPS) is 12.6. The van der Waals surface area contributed by atoms with E-state index >= 15 is 0 Å². The van der Waals surface area contributed by atoms with Gasteiger partial charge in [-0.05, 0) is 69.2 Å². The zero-order valence-corrected chi connectivity index (χ0v) is 25.6. The minimum absolute atomic E-state index is 0.0354. The Morgan fingerprint density at radius 2 is 1.55 bits per heavy atom. The van der Waals surface area contributed by atoms with Crippen molar-refractivity contribution in [2.45, 2.75) is 57.6 Å². The third kappa shape index (κ3) is 7.79. The number of ether oxygens (including phenoxy) is 2. The van der Waals surface area contributed by atoms with Gasteiger partial charge in [0.15, 0.2) is 11.5 Å². The van der Waals surface area contributed by atoms with Gasteiger partial charge in [-0.2, -0.15) is 0 Å². The second-order valence-corrected chi connectivity index (χ2v) is 11.9. The van der Waals surface area contributed by atoms with Crippen LogP contribution in [0.5, 0.6) is 11.5 Å². The molecule has 2 amide bonds. The maximum atomic E-state index is 14.1. The molecule has 0 heterocycles. The van der Waals surface area contributed by atoms with E-state index in [0.717, 1.165) is 9.87 Å². The number of nitrogens with zero attached hydrogens (tertiary/aromatic N) is 2. The van der Waals surface area contributed by atoms with Crippen LogP contribution in [0.25, 0.3) is 0 Å². The van der Waals surface area contributed by atoms with Gasteiger partial charge < -0.3 is 19.7 Å². The second kappa shape index (κ2) is 14.2. The molecule has 42 heavy (non-hydrogen) atoms. The summed E-state index contributed by atoms with van der Waals surface area (Å²) in [4.78, 5) is 28.3. The molecule has 3 rings (SSSR count). The van der Waals surface area contributed by atoms with Crippen LogP contribution < -0.4 is 19.1 Å². The van der Waals surface area contributed by atoms with Crippen LogP contribution in [-0.2, 0) is 26.2 Å². The molecule has 1 N–H and O–H groups in total. The van der Waals surface area contributed by atoms with Gasteiger partial charge in [-0.25, -0.2) is 12.8 Å². The van der Waals surface area contributed by atoms with Crippen LogP contribution >= 0.6 is 0 Å². The first-order valence-corrected chi connectivity index (χ1v) is 15.0. The van der Waals surface area contributed by atoms with Crippen LogP contribution in [0.2, 0.25) is 0 Å². The molecule has 0 aliphatic rings. The molecule has 3 aromatic rings. The maximum Gasteiger partial charge on any atom is 0.264 e. The fourth-order valence-corrected chi connectivity index (χ4v) is 5.61. The van der Waals surface area contributed by atoms with Gasteiger partial charge in [0.25, 0.3) is 10.0 Å². The van der Waals surface area contributed by atoms with Crippen LogP contribution in [0, 0.1) is 12.7 Å². The lowest BCUT2D eigenvalue weighted by molar-refractivity contribution is -0.139. The molecule has 11 heteroatoms. The van der Waals surface area contributed by atoms with E-state index in [1.807, 2.05) is 20.8 Å². The predicted molar refractivity (Wildman–Crippen MR) is 160 cm³/mol. The zero-order valence-electron chi connectivity index (χ0n) is 24.8. The number of carbonyl (C=O) groups is 2. The molecule has 0 aromatic heterocycles. The number of anilines is 1. The van der Waals surface area contributed by atoms with Crippen molar-refractivity contribution in [1.29, 1.82) is 0 Å². The first-order chi connectivity index (χ1) is 19.9. The molecular formula is C31H38FN3O6S. The number of methoxy groups -OCH3 is 2. The summed E-state index contributed by atoms with van der Waals surface area (Å²) in [5, 5.41) is 2.88. The summed E-state index contributed by atoms with van der Waals surface area (Å²) < 4.78 is 53.3. The van der Waals surface area contributed by atoms with E-state index in [1.54, 1.807) is 31.2 Å². The molecule has 0 unspecified atom stereocenters. The lowest BCUT2D eigenvalue weighted by Crippen LogP contribution is -2.52. The summed E-state index contributed by atoms with van der Waals surface area (Å²) in [5.41, 5.74) is 1.75. The number of benzene rings is 3. The Morgan fingerprint density at radius 3 is 2.12 bits per heavy atom. The molecule has 226 valence electrons. The Kier molecular flexibility index (Phi) is 10.9. The van der Waals surface area contributed by atoms with Gasteiger partial charge >= 0.3 is 0 Å². The highest BCUT2D eigenvalue weighted by Gasteiger charge is 2.33. The number of sulfonamides is 1. The van der Waals surface area contributed by atoms with E-state index in [-0.39, 0.29) is 34.8 Å². The van der Waals surface area contributed by atoms with E-state index in [1.165, 1.54) is 61.6 Å². The standard InChI is InChI=1S/C31H38FN3O6S/c1-7-22(3)33-31(37)23(4)34(19-24-10-12-25(32)13-11-24)30(36)20-35(26-14-8-21(2)9-15-26)42(38,39)27-16-17-28(40-5)29(18-27)41-6/h8-18,22-23H,7,19-20H2,1-6H3,(H,33,37)/t22-,23-/m1/s1. The third-order valence-electron chi connectivity index (χ3n) is 6.98. The highest BCUT2D eigenvalue weighted by Crippen LogP contribution is 2.32. The average Bonchev–Trinajstić information content (AvgIpc) is 2.98. The van der Waals surface area contributed by atoms with Gasteiger partial charge in [-0.1, -0.05) is 36.8 Å². The highest BCUT2D eigenvalue weighted by atomic mass is 32.2. The number of rotatable bonds is 13. The number of nitrogens with one attached hydrogen (secondary N) is 1. The van der Waals surface area contributed by atoms with E-state index in [9.17, 15) is 22.4 Å². The molecule has 3 aromatic carbocycles. The molecule has 0 radical (unpaired) electrons. The van der Waals surface area contributed by atoms with E-state index in [2.05, 4.69) is 5.32 Å². The molecule has 0 aliphatic carbocycles. The van der Waals surface area contributed by atoms with Crippen molar-refractivity contribution < 1.29 is 31.9 Å². The van der Waals surface area contributed by atoms with Crippen LogP contribution in [0.15, 0.2) is 71.6 Å². The smallest absolute Gasteiger partial charge is 0.264 e. The summed E-state index contributed by atoms with van der Waals surface area (Å²) in [5.74, 6) is -0.881. The molecule has 0 bridgehead atoms. The lowest BCUT2D eigenvalue weighted by atomic mass is 10.1. The van der Waals surface area contributed by atoms with E-state index in [4.69, 9.17) is 9.47 Å². The van der Waals surface area contributed by atoms with Crippen molar-refractivity contribution in [1.82, 2.24) is 10.2 Å². The molecule has 0 saturated heterocycles. The highest BCUT2D eigenvalue weighted by molar-refractivity contribution is 7.92. The first-order valence-electron chi connectivity index (χ1n) is 13.6. The summed E-state index contributed by atoms with van der Waals surface area (Å²) in [6.45, 7) is 6.59. The van der Waals surface area contributed by atoms with Crippen LogP contribution in [0.3, 0.4) is 0 Å². The van der Waals surface area contributed by atoms with Crippen molar-refractivity contribution in [3.8, 4) is 11.5 Å². The molecule has 2 atom stereocenters. The minimum Gasteiger partial charge on any atom is -0.493 e.